The zero-order chi connectivity index (χ0) is 9.84. The van der Waals surface area contributed by atoms with Crippen molar-refractivity contribution in [1.29, 1.82) is 0 Å². The molecule has 0 aromatic carbocycles. The van der Waals surface area contributed by atoms with Crippen molar-refractivity contribution in [3.8, 4) is 0 Å². The molecule has 0 radical (unpaired) electrons. The van der Waals surface area contributed by atoms with Gasteiger partial charge in [0.05, 0.1) is 5.56 Å². The van der Waals surface area contributed by atoms with Gasteiger partial charge in [0, 0.05) is 6.20 Å². The second-order valence-corrected chi connectivity index (χ2v) is 3.02. The van der Waals surface area contributed by atoms with Gasteiger partial charge in [0.2, 0.25) is 0 Å². The molecule has 1 heterocycles. The van der Waals surface area contributed by atoms with Crippen LogP contribution in [0.5, 0.6) is 0 Å². The van der Waals surface area contributed by atoms with Gasteiger partial charge in [0.25, 0.3) is 5.76 Å². The first-order chi connectivity index (χ1) is 6.11. The standard InChI is InChI=1S/C7H5F2NO2S/c8-7(9)13-5-4(6(11)12)2-1-3-10-5/h1-3,7H,(H,11,12). The normalized spacial score (nSPS) is 10.4. The third-order valence-corrected chi connectivity index (χ3v) is 1.93. The quantitative estimate of drug-likeness (QED) is 0.767. The Kier molecular flexibility index (Phi) is 3.18. The fourth-order valence-corrected chi connectivity index (χ4v) is 1.30. The van der Waals surface area contributed by atoms with Crippen molar-refractivity contribution in [2.24, 2.45) is 0 Å². The monoisotopic (exact) mass is 205 g/mol. The molecule has 1 N–H and O–H groups in total. The Morgan fingerprint density at radius 2 is 2.31 bits per heavy atom. The Morgan fingerprint density at radius 1 is 1.62 bits per heavy atom. The number of carbonyl (C=O) groups is 1. The number of thioether (sulfide) groups is 1. The van der Waals surface area contributed by atoms with E-state index in [0.717, 1.165) is 0 Å². The van der Waals surface area contributed by atoms with E-state index < -0.39 is 11.7 Å². The lowest BCUT2D eigenvalue weighted by molar-refractivity contribution is 0.0692. The minimum absolute atomic E-state index is 0.128. The summed E-state index contributed by atoms with van der Waals surface area (Å²) in [4.78, 5) is 14.0. The van der Waals surface area contributed by atoms with Crippen molar-refractivity contribution >= 4 is 17.7 Å². The lowest BCUT2D eigenvalue weighted by Crippen LogP contribution is -2.01. The smallest absolute Gasteiger partial charge is 0.338 e. The maximum absolute atomic E-state index is 11.9. The Labute approximate surface area is 76.8 Å². The molecule has 0 saturated carbocycles. The lowest BCUT2D eigenvalue weighted by Gasteiger charge is -2.01. The van der Waals surface area contributed by atoms with Crippen LogP contribution in [0, 0.1) is 0 Å². The number of nitrogens with zero attached hydrogens (tertiary/aromatic N) is 1. The highest BCUT2D eigenvalue weighted by molar-refractivity contribution is 7.99. The maximum Gasteiger partial charge on any atom is 0.338 e. The van der Waals surface area contributed by atoms with Crippen LogP contribution in [0.2, 0.25) is 0 Å². The Morgan fingerprint density at radius 3 is 2.85 bits per heavy atom. The molecule has 0 amide bonds. The molecule has 0 fully saturated rings. The van der Waals surface area contributed by atoms with Gasteiger partial charge in [-0.2, -0.15) is 8.78 Å². The first kappa shape index (κ1) is 9.91. The Hall–Kier alpha value is -1.17. The highest BCUT2D eigenvalue weighted by atomic mass is 32.2. The van der Waals surface area contributed by atoms with Crippen molar-refractivity contribution < 1.29 is 18.7 Å². The number of hydrogen-bond donors (Lipinski definition) is 1. The summed E-state index contributed by atoms with van der Waals surface area (Å²) in [6.45, 7) is 0. The van der Waals surface area contributed by atoms with Gasteiger partial charge < -0.3 is 5.11 Å². The minimum atomic E-state index is -2.66. The van der Waals surface area contributed by atoms with E-state index in [2.05, 4.69) is 4.98 Å². The summed E-state index contributed by atoms with van der Waals surface area (Å²) in [5.41, 5.74) is -0.201. The molecule has 0 aliphatic rings. The van der Waals surface area contributed by atoms with E-state index >= 15 is 0 Å². The maximum atomic E-state index is 11.9. The van der Waals surface area contributed by atoms with Gasteiger partial charge in [0.15, 0.2) is 0 Å². The third-order valence-electron chi connectivity index (χ3n) is 1.20. The number of rotatable bonds is 3. The number of aromatic nitrogens is 1. The van der Waals surface area contributed by atoms with Crippen molar-refractivity contribution in [3.63, 3.8) is 0 Å². The molecule has 70 valence electrons. The number of carboxylic acid groups (broad SMARTS) is 1. The molecular weight excluding hydrogens is 200 g/mol. The molecule has 0 aliphatic heterocycles. The van der Waals surface area contributed by atoms with E-state index in [4.69, 9.17) is 5.11 Å². The molecular formula is C7H5F2NO2S. The summed E-state index contributed by atoms with van der Waals surface area (Å²) in [6.07, 6.45) is 1.27. The van der Waals surface area contributed by atoms with Crippen molar-refractivity contribution in [3.05, 3.63) is 23.9 Å². The van der Waals surface area contributed by atoms with Crippen molar-refractivity contribution in [2.75, 3.05) is 0 Å². The highest BCUT2D eigenvalue weighted by Crippen LogP contribution is 2.25. The molecule has 1 aromatic rings. The second kappa shape index (κ2) is 4.18. The third kappa shape index (κ3) is 2.66. The summed E-state index contributed by atoms with van der Waals surface area (Å²) in [7, 11) is 0. The number of hydrogen-bond acceptors (Lipinski definition) is 3. The molecule has 6 heteroatoms. The zero-order valence-electron chi connectivity index (χ0n) is 6.28. The number of carboxylic acids is 1. The van der Waals surface area contributed by atoms with Gasteiger partial charge >= 0.3 is 5.97 Å². The van der Waals surface area contributed by atoms with Crippen molar-refractivity contribution in [2.45, 2.75) is 10.8 Å². The second-order valence-electron chi connectivity index (χ2n) is 2.04. The molecule has 3 nitrogen and oxygen atoms in total. The SMILES string of the molecule is O=C(O)c1cccnc1SC(F)F. The van der Waals surface area contributed by atoms with E-state index in [9.17, 15) is 13.6 Å². The average molecular weight is 205 g/mol. The van der Waals surface area contributed by atoms with E-state index in [-0.39, 0.29) is 22.4 Å². The van der Waals surface area contributed by atoms with Crippen LogP contribution in [0.25, 0.3) is 0 Å². The first-order valence-corrected chi connectivity index (χ1v) is 4.12. The Bertz CT molecular complexity index is 319. The zero-order valence-corrected chi connectivity index (χ0v) is 7.09. The predicted molar refractivity (Wildman–Crippen MR) is 43.1 cm³/mol. The fraction of sp³-hybridized carbons (Fsp3) is 0.143. The molecule has 1 rings (SSSR count). The molecule has 0 aliphatic carbocycles. The summed E-state index contributed by atoms with van der Waals surface area (Å²) in [5, 5.41) is 8.42. The number of aromatic carboxylic acids is 1. The number of halogens is 2. The summed E-state index contributed by atoms with van der Waals surface area (Å²) in [5.74, 6) is -3.91. The van der Waals surface area contributed by atoms with E-state index in [1.54, 1.807) is 0 Å². The van der Waals surface area contributed by atoms with E-state index in [1.165, 1.54) is 18.3 Å². The van der Waals surface area contributed by atoms with Gasteiger partial charge in [-0.25, -0.2) is 9.78 Å². The molecule has 0 atom stereocenters. The molecule has 0 spiro atoms. The van der Waals surface area contributed by atoms with Crippen LogP contribution in [0.4, 0.5) is 8.78 Å². The van der Waals surface area contributed by atoms with Crippen LogP contribution in [-0.2, 0) is 0 Å². The van der Waals surface area contributed by atoms with Gasteiger partial charge in [-0.3, -0.25) is 0 Å². The van der Waals surface area contributed by atoms with E-state index in [1.807, 2.05) is 0 Å². The van der Waals surface area contributed by atoms with Gasteiger partial charge in [-0.05, 0) is 23.9 Å². The molecule has 0 saturated heterocycles. The number of alkyl halides is 2. The molecule has 13 heavy (non-hydrogen) atoms. The van der Waals surface area contributed by atoms with E-state index in [0.29, 0.717) is 0 Å². The van der Waals surface area contributed by atoms with Gasteiger partial charge in [0.1, 0.15) is 5.03 Å². The largest absolute Gasteiger partial charge is 0.478 e. The minimum Gasteiger partial charge on any atom is -0.478 e. The highest BCUT2D eigenvalue weighted by Gasteiger charge is 2.15. The van der Waals surface area contributed by atoms with Crippen molar-refractivity contribution in [1.82, 2.24) is 4.98 Å². The fourth-order valence-electron chi connectivity index (χ4n) is 0.732. The van der Waals surface area contributed by atoms with Crippen LogP contribution in [0.1, 0.15) is 10.4 Å². The van der Waals surface area contributed by atoms with Gasteiger partial charge in [-0.1, -0.05) is 0 Å². The topological polar surface area (TPSA) is 50.2 Å². The molecule has 0 bridgehead atoms. The summed E-state index contributed by atoms with van der Waals surface area (Å²) in [6, 6.07) is 2.62. The predicted octanol–water partition coefficient (Wildman–Crippen LogP) is 2.09. The van der Waals surface area contributed by atoms with Crippen LogP contribution in [0.3, 0.4) is 0 Å². The lowest BCUT2D eigenvalue weighted by atomic mass is 10.3. The first-order valence-electron chi connectivity index (χ1n) is 3.24. The van der Waals surface area contributed by atoms with Crippen LogP contribution in [0.15, 0.2) is 23.4 Å². The molecule has 0 unspecified atom stereocenters. The average Bonchev–Trinajstić information content (AvgIpc) is 2.03. The Balaban J connectivity index is 2.98. The number of pyridine rings is 1. The summed E-state index contributed by atoms with van der Waals surface area (Å²) < 4.78 is 23.8. The van der Waals surface area contributed by atoms with Crippen LogP contribution >= 0.6 is 11.8 Å². The summed E-state index contributed by atoms with van der Waals surface area (Å²) >= 11 is 0.128. The molecule has 1 aromatic heterocycles. The van der Waals surface area contributed by atoms with Crippen LogP contribution < -0.4 is 0 Å². The van der Waals surface area contributed by atoms with Gasteiger partial charge in [-0.15, -0.1) is 0 Å². The van der Waals surface area contributed by atoms with Crippen LogP contribution in [-0.4, -0.2) is 21.8 Å².